The summed E-state index contributed by atoms with van der Waals surface area (Å²) in [6.07, 6.45) is 5.21. The van der Waals surface area contributed by atoms with E-state index < -0.39 is 0 Å². The van der Waals surface area contributed by atoms with Crippen LogP contribution in [0.5, 0.6) is 0 Å². The highest BCUT2D eigenvalue weighted by Gasteiger charge is 2.63. The van der Waals surface area contributed by atoms with Gasteiger partial charge in [-0.25, -0.2) is 0 Å². The molecule has 4 aliphatic rings. The second kappa shape index (κ2) is 6.17. The standard InChI is InChI=1S/C19H22BrCl2NO/c20-10-15(24)23-17(13-4-2-1-3-5-13)16-14-6-12-7-18(21,9-14)11-19(16,22)8-12/h1-5,12,14,16-17H,6-11H2,(H,23,24)/t12-,14-,16+,17-,18-,19-/m0/s1. The zero-order valence-corrected chi connectivity index (χ0v) is 16.6. The van der Waals surface area contributed by atoms with E-state index in [4.69, 9.17) is 23.2 Å². The number of carbonyl (C=O) groups excluding carboxylic acids is 1. The fraction of sp³-hybridized carbons (Fsp3) is 0.632. The van der Waals surface area contributed by atoms with Crippen LogP contribution >= 0.6 is 39.1 Å². The van der Waals surface area contributed by atoms with E-state index in [9.17, 15) is 4.79 Å². The molecule has 0 saturated heterocycles. The molecule has 4 bridgehead atoms. The van der Waals surface area contributed by atoms with Crippen molar-refractivity contribution in [2.24, 2.45) is 17.8 Å². The van der Waals surface area contributed by atoms with Crippen molar-refractivity contribution < 1.29 is 4.79 Å². The van der Waals surface area contributed by atoms with Crippen LogP contribution in [-0.4, -0.2) is 21.0 Å². The minimum Gasteiger partial charge on any atom is -0.348 e. The van der Waals surface area contributed by atoms with Crippen molar-refractivity contribution in [3.63, 3.8) is 0 Å². The molecule has 0 aromatic heterocycles. The van der Waals surface area contributed by atoms with E-state index in [1.807, 2.05) is 18.2 Å². The van der Waals surface area contributed by atoms with Gasteiger partial charge in [-0.05, 0) is 49.5 Å². The Morgan fingerprint density at radius 2 is 2.00 bits per heavy atom. The van der Waals surface area contributed by atoms with E-state index in [0.717, 1.165) is 31.2 Å². The zero-order chi connectivity index (χ0) is 16.9. The minimum atomic E-state index is -0.300. The van der Waals surface area contributed by atoms with Gasteiger partial charge in [0.05, 0.1) is 16.2 Å². The van der Waals surface area contributed by atoms with Gasteiger partial charge >= 0.3 is 0 Å². The number of amides is 1. The monoisotopic (exact) mass is 429 g/mol. The molecule has 2 nitrogen and oxygen atoms in total. The third kappa shape index (κ3) is 2.91. The Bertz CT molecular complexity index is 642. The molecular formula is C19H22BrCl2NO. The SMILES string of the molecule is O=C(CBr)N[C@@H](c1ccccc1)[C@H]1[C@H]2C[C@H]3C[C@](Cl)(C2)C[C@@]1(Cl)C3. The largest absolute Gasteiger partial charge is 0.348 e. The Balaban J connectivity index is 1.71. The fourth-order valence-electron chi connectivity index (χ4n) is 5.82. The number of carbonyl (C=O) groups is 1. The quantitative estimate of drug-likeness (QED) is 0.666. The molecule has 24 heavy (non-hydrogen) atoms. The smallest absolute Gasteiger partial charge is 0.231 e. The molecule has 1 aromatic rings. The maximum Gasteiger partial charge on any atom is 0.231 e. The summed E-state index contributed by atoms with van der Waals surface area (Å²) in [5.41, 5.74) is 1.15. The first-order valence-corrected chi connectivity index (χ1v) is 10.6. The second-order valence-electron chi connectivity index (χ2n) is 7.95. The van der Waals surface area contributed by atoms with Gasteiger partial charge in [0.15, 0.2) is 0 Å². The lowest BCUT2D eigenvalue weighted by Crippen LogP contribution is -2.62. The van der Waals surface area contributed by atoms with Gasteiger partial charge in [0.2, 0.25) is 5.91 Å². The zero-order valence-electron chi connectivity index (χ0n) is 13.5. The lowest BCUT2D eigenvalue weighted by Gasteiger charge is -2.63. The van der Waals surface area contributed by atoms with E-state index in [0.29, 0.717) is 17.2 Å². The molecule has 0 unspecified atom stereocenters. The summed E-state index contributed by atoms with van der Waals surface area (Å²) in [4.78, 5) is 11.8. The predicted octanol–water partition coefficient (Wildman–Crippen LogP) is 5.03. The molecule has 6 atom stereocenters. The first-order chi connectivity index (χ1) is 11.4. The Kier molecular flexibility index (Phi) is 4.42. The van der Waals surface area contributed by atoms with Crippen molar-refractivity contribution in [2.75, 3.05) is 5.33 Å². The van der Waals surface area contributed by atoms with Crippen LogP contribution in [0, 0.1) is 17.8 Å². The molecule has 1 amide bonds. The molecule has 0 spiro atoms. The van der Waals surface area contributed by atoms with E-state index in [2.05, 4.69) is 33.4 Å². The maximum absolute atomic E-state index is 12.2. The molecule has 0 aliphatic heterocycles. The van der Waals surface area contributed by atoms with Gasteiger partial charge in [-0.2, -0.15) is 0 Å². The summed E-state index contributed by atoms with van der Waals surface area (Å²) < 4.78 is 0. The molecular weight excluding hydrogens is 409 g/mol. The van der Waals surface area contributed by atoms with Crippen LogP contribution in [0.4, 0.5) is 0 Å². The van der Waals surface area contributed by atoms with E-state index in [-0.39, 0.29) is 27.6 Å². The number of nitrogens with one attached hydrogen (secondary N) is 1. The van der Waals surface area contributed by atoms with E-state index >= 15 is 0 Å². The number of alkyl halides is 3. The van der Waals surface area contributed by atoms with Gasteiger partial charge in [0.25, 0.3) is 0 Å². The van der Waals surface area contributed by atoms with Crippen molar-refractivity contribution in [3.8, 4) is 0 Å². The summed E-state index contributed by atoms with van der Waals surface area (Å²) in [7, 11) is 0. The Labute approximate surface area is 161 Å². The van der Waals surface area contributed by atoms with Gasteiger partial charge in [-0.15, -0.1) is 23.2 Å². The van der Waals surface area contributed by atoms with E-state index in [1.165, 1.54) is 6.42 Å². The first-order valence-electron chi connectivity index (χ1n) is 8.71. The van der Waals surface area contributed by atoms with Crippen LogP contribution in [0.25, 0.3) is 0 Å². The number of rotatable bonds is 4. The summed E-state index contributed by atoms with van der Waals surface area (Å²) in [5.74, 6) is 1.39. The van der Waals surface area contributed by atoms with Crippen LogP contribution in [0.3, 0.4) is 0 Å². The average Bonchev–Trinajstić information content (AvgIpc) is 2.51. The summed E-state index contributed by atoms with van der Waals surface area (Å²) >= 11 is 17.4. The van der Waals surface area contributed by atoms with Crippen molar-refractivity contribution in [1.29, 1.82) is 0 Å². The molecule has 4 saturated carbocycles. The fourth-order valence-corrected chi connectivity index (χ4v) is 7.48. The Hall–Kier alpha value is -0.250. The van der Waals surface area contributed by atoms with Crippen LogP contribution in [0.1, 0.15) is 43.7 Å². The predicted molar refractivity (Wildman–Crippen MR) is 102 cm³/mol. The third-order valence-corrected chi connectivity index (χ3v) is 7.71. The van der Waals surface area contributed by atoms with Gasteiger partial charge in [0, 0.05) is 10.8 Å². The van der Waals surface area contributed by atoms with Gasteiger partial charge in [-0.3, -0.25) is 4.79 Å². The highest BCUT2D eigenvalue weighted by Crippen LogP contribution is 2.66. The molecule has 1 aromatic carbocycles. The molecule has 4 aliphatic carbocycles. The van der Waals surface area contributed by atoms with Crippen LogP contribution in [0.2, 0.25) is 0 Å². The first kappa shape index (κ1) is 17.2. The summed E-state index contributed by atoms with van der Waals surface area (Å²) in [6.45, 7) is 0. The third-order valence-electron chi connectivity index (χ3n) is 6.22. The molecule has 5 heteroatoms. The number of halogens is 3. The lowest BCUT2D eigenvalue weighted by molar-refractivity contribution is -0.120. The molecule has 130 valence electrons. The normalized spacial score (nSPS) is 41.2. The van der Waals surface area contributed by atoms with Crippen molar-refractivity contribution in [1.82, 2.24) is 5.32 Å². The molecule has 4 fully saturated rings. The van der Waals surface area contributed by atoms with Crippen molar-refractivity contribution in [3.05, 3.63) is 35.9 Å². The van der Waals surface area contributed by atoms with Crippen LogP contribution < -0.4 is 5.32 Å². The molecule has 1 N–H and O–H groups in total. The maximum atomic E-state index is 12.2. The Morgan fingerprint density at radius 3 is 2.62 bits per heavy atom. The topological polar surface area (TPSA) is 29.1 Å². The highest BCUT2D eigenvalue weighted by atomic mass is 79.9. The molecule has 0 heterocycles. The number of hydrogen-bond acceptors (Lipinski definition) is 1. The van der Waals surface area contributed by atoms with Crippen molar-refractivity contribution in [2.45, 2.75) is 47.9 Å². The molecule has 0 radical (unpaired) electrons. The lowest BCUT2D eigenvalue weighted by atomic mass is 9.49. The number of hydrogen-bond donors (Lipinski definition) is 1. The number of benzene rings is 1. The van der Waals surface area contributed by atoms with E-state index in [1.54, 1.807) is 0 Å². The van der Waals surface area contributed by atoms with Gasteiger partial charge in [-0.1, -0.05) is 46.3 Å². The van der Waals surface area contributed by atoms with Crippen LogP contribution in [0.15, 0.2) is 30.3 Å². The summed E-state index contributed by atoms with van der Waals surface area (Å²) in [6, 6.07) is 10.2. The molecule has 5 rings (SSSR count). The van der Waals surface area contributed by atoms with Crippen LogP contribution in [-0.2, 0) is 4.79 Å². The minimum absolute atomic E-state index is 0.0125. The summed E-state index contributed by atoms with van der Waals surface area (Å²) in [5, 5.41) is 3.55. The second-order valence-corrected chi connectivity index (χ2v) is 10.1. The van der Waals surface area contributed by atoms with Crippen molar-refractivity contribution >= 4 is 45.0 Å². The highest BCUT2D eigenvalue weighted by molar-refractivity contribution is 9.09. The van der Waals surface area contributed by atoms with Gasteiger partial charge < -0.3 is 5.32 Å². The average molecular weight is 431 g/mol. The Morgan fingerprint density at radius 1 is 1.25 bits per heavy atom. The van der Waals surface area contributed by atoms with Gasteiger partial charge in [0.1, 0.15) is 0 Å².